The molecular weight excluding hydrogens is 210 g/mol. The summed E-state index contributed by atoms with van der Waals surface area (Å²) in [6.45, 7) is 6.78. The topological polar surface area (TPSA) is 28.2 Å². The molecule has 1 aliphatic rings. The second-order valence-corrected chi connectivity index (χ2v) is 5.29. The van der Waals surface area contributed by atoms with E-state index in [0.29, 0.717) is 6.04 Å². The lowest BCUT2D eigenvalue weighted by atomic mass is 9.90. The molecule has 1 aliphatic heterocycles. The van der Waals surface area contributed by atoms with Gasteiger partial charge in [0.05, 0.1) is 0 Å². The van der Waals surface area contributed by atoms with Gasteiger partial charge in [0.25, 0.3) is 0 Å². The molecule has 0 saturated carbocycles. The first-order valence-corrected chi connectivity index (χ1v) is 6.53. The largest absolute Gasteiger partial charge is 0.367 e. The molecule has 3 nitrogen and oxygen atoms in total. The van der Waals surface area contributed by atoms with E-state index < -0.39 is 0 Å². The van der Waals surface area contributed by atoms with Crippen LogP contribution in [0.2, 0.25) is 0 Å². The van der Waals surface area contributed by atoms with Crippen molar-refractivity contribution in [1.82, 2.24) is 9.88 Å². The van der Waals surface area contributed by atoms with Crippen molar-refractivity contribution in [3.05, 3.63) is 23.9 Å². The maximum atomic E-state index is 4.41. The summed E-state index contributed by atoms with van der Waals surface area (Å²) in [7, 11) is 2.20. The van der Waals surface area contributed by atoms with Crippen molar-refractivity contribution in [1.29, 1.82) is 0 Å². The van der Waals surface area contributed by atoms with E-state index in [9.17, 15) is 0 Å². The molecule has 1 aromatic rings. The fourth-order valence-corrected chi connectivity index (χ4v) is 2.43. The van der Waals surface area contributed by atoms with Gasteiger partial charge in [0, 0.05) is 12.2 Å². The van der Waals surface area contributed by atoms with Crippen molar-refractivity contribution >= 4 is 5.82 Å². The molecular formula is C14H23N3. The van der Waals surface area contributed by atoms with Gasteiger partial charge >= 0.3 is 0 Å². The third-order valence-electron chi connectivity index (χ3n) is 3.76. The second-order valence-electron chi connectivity index (χ2n) is 5.29. The average Bonchev–Trinajstić information content (AvgIpc) is 2.33. The van der Waals surface area contributed by atoms with Gasteiger partial charge in [0.15, 0.2) is 0 Å². The number of pyridine rings is 1. The molecule has 0 bridgehead atoms. The molecule has 2 rings (SSSR count). The standard InChI is InChI=1S/C14H23N3/c1-11-4-5-14(15-10-11)16-12(2)13-6-8-17(3)9-7-13/h4-5,10,12-13H,6-9H2,1-3H3,(H,15,16). The van der Waals surface area contributed by atoms with Gasteiger partial charge in [-0.25, -0.2) is 4.98 Å². The van der Waals surface area contributed by atoms with Gasteiger partial charge in [-0.3, -0.25) is 0 Å². The van der Waals surface area contributed by atoms with E-state index in [-0.39, 0.29) is 0 Å². The van der Waals surface area contributed by atoms with Gasteiger partial charge in [-0.1, -0.05) is 6.07 Å². The van der Waals surface area contributed by atoms with E-state index in [1.807, 2.05) is 6.20 Å². The third kappa shape index (κ3) is 3.43. The summed E-state index contributed by atoms with van der Waals surface area (Å²) >= 11 is 0. The molecule has 1 atom stereocenters. The maximum Gasteiger partial charge on any atom is 0.126 e. The van der Waals surface area contributed by atoms with E-state index in [4.69, 9.17) is 0 Å². The third-order valence-corrected chi connectivity index (χ3v) is 3.76. The van der Waals surface area contributed by atoms with E-state index in [2.05, 4.69) is 48.2 Å². The minimum atomic E-state index is 0.513. The highest BCUT2D eigenvalue weighted by atomic mass is 15.1. The number of hydrogen-bond donors (Lipinski definition) is 1. The molecule has 94 valence electrons. The molecule has 1 unspecified atom stereocenters. The van der Waals surface area contributed by atoms with Gasteiger partial charge in [0.1, 0.15) is 5.82 Å². The molecule has 0 spiro atoms. The van der Waals surface area contributed by atoms with Crippen LogP contribution in [0.15, 0.2) is 18.3 Å². The number of likely N-dealkylation sites (tertiary alicyclic amines) is 1. The van der Waals surface area contributed by atoms with Crippen molar-refractivity contribution in [3.8, 4) is 0 Å². The van der Waals surface area contributed by atoms with Crippen molar-refractivity contribution in [2.24, 2.45) is 5.92 Å². The molecule has 17 heavy (non-hydrogen) atoms. The first kappa shape index (κ1) is 12.4. The number of aryl methyl sites for hydroxylation is 1. The molecule has 3 heteroatoms. The Balaban J connectivity index is 1.88. The van der Waals surface area contributed by atoms with Gasteiger partial charge in [-0.2, -0.15) is 0 Å². The molecule has 1 N–H and O–H groups in total. The Bertz CT molecular complexity index is 339. The minimum Gasteiger partial charge on any atom is -0.367 e. The minimum absolute atomic E-state index is 0.513. The molecule has 0 radical (unpaired) electrons. The lowest BCUT2D eigenvalue weighted by molar-refractivity contribution is 0.208. The predicted molar refractivity (Wildman–Crippen MR) is 72.3 cm³/mol. The fraction of sp³-hybridized carbons (Fsp3) is 0.643. The predicted octanol–water partition coefficient (Wildman–Crippen LogP) is 2.53. The zero-order valence-corrected chi connectivity index (χ0v) is 11.1. The lowest BCUT2D eigenvalue weighted by Crippen LogP contribution is -2.37. The molecule has 0 aromatic carbocycles. The highest BCUT2D eigenvalue weighted by Gasteiger charge is 2.22. The summed E-state index contributed by atoms with van der Waals surface area (Å²) in [5, 5.41) is 3.52. The monoisotopic (exact) mass is 233 g/mol. The van der Waals surface area contributed by atoms with Crippen LogP contribution >= 0.6 is 0 Å². The summed E-state index contributed by atoms with van der Waals surface area (Å²) in [5.74, 6) is 1.77. The summed E-state index contributed by atoms with van der Waals surface area (Å²) < 4.78 is 0. The number of aromatic nitrogens is 1. The van der Waals surface area contributed by atoms with Crippen molar-refractivity contribution in [3.63, 3.8) is 0 Å². The van der Waals surface area contributed by atoms with Crippen molar-refractivity contribution < 1.29 is 0 Å². The van der Waals surface area contributed by atoms with Crippen LogP contribution in [-0.4, -0.2) is 36.1 Å². The van der Waals surface area contributed by atoms with Gasteiger partial charge in [0.2, 0.25) is 0 Å². The Morgan fingerprint density at radius 2 is 2.06 bits per heavy atom. The van der Waals surface area contributed by atoms with Crippen LogP contribution in [-0.2, 0) is 0 Å². The summed E-state index contributed by atoms with van der Waals surface area (Å²) in [6.07, 6.45) is 4.50. The molecule has 2 heterocycles. The van der Waals surface area contributed by atoms with Crippen LogP contribution < -0.4 is 5.32 Å². The Kier molecular flexibility index (Phi) is 4.00. The maximum absolute atomic E-state index is 4.41. The van der Waals surface area contributed by atoms with Crippen LogP contribution in [0, 0.1) is 12.8 Å². The molecule has 0 amide bonds. The highest BCUT2D eigenvalue weighted by molar-refractivity contribution is 5.36. The Hall–Kier alpha value is -1.09. The van der Waals surface area contributed by atoms with E-state index >= 15 is 0 Å². The van der Waals surface area contributed by atoms with Gasteiger partial charge in [-0.15, -0.1) is 0 Å². The van der Waals surface area contributed by atoms with Crippen LogP contribution in [0.3, 0.4) is 0 Å². The fourth-order valence-electron chi connectivity index (χ4n) is 2.43. The first-order valence-electron chi connectivity index (χ1n) is 6.53. The van der Waals surface area contributed by atoms with Gasteiger partial charge < -0.3 is 10.2 Å². The first-order chi connectivity index (χ1) is 8.15. The van der Waals surface area contributed by atoms with E-state index in [0.717, 1.165) is 11.7 Å². The van der Waals surface area contributed by atoms with E-state index in [1.165, 1.54) is 31.5 Å². The van der Waals surface area contributed by atoms with Crippen LogP contribution in [0.4, 0.5) is 5.82 Å². The average molecular weight is 233 g/mol. The second kappa shape index (κ2) is 5.50. The SMILES string of the molecule is Cc1ccc(NC(C)C2CCN(C)CC2)nc1. The van der Waals surface area contributed by atoms with E-state index in [1.54, 1.807) is 0 Å². The Labute approximate surface area is 104 Å². The number of nitrogens with zero attached hydrogens (tertiary/aromatic N) is 2. The zero-order chi connectivity index (χ0) is 12.3. The normalized spacial score (nSPS) is 20.2. The van der Waals surface area contributed by atoms with Gasteiger partial charge in [-0.05, 0) is 64.4 Å². The highest BCUT2D eigenvalue weighted by Crippen LogP contribution is 2.21. The lowest BCUT2D eigenvalue weighted by Gasteiger charge is -2.33. The van der Waals surface area contributed by atoms with Crippen LogP contribution in [0.5, 0.6) is 0 Å². The summed E-state index contributed by atoms with van der Waals surface area (Å²) in [4.78, 5) is 6.82. The molecule has 1 aromatic heterocycles. The number of nitrogens with one attached hydrogen (secondary N) is 1. The Morgan fingerprint density at radius 3 is 2.65 bits per heavy atom. The van der Waals surface area contributed by atoms with Crippen LogP contribution in [0.25, 0.3) is 0 Å². The molecule has 1 saturated heterocycles. The Morgan fingerprint density at radius 1 is 1.35 bits per heavy atom. The number of rotatable bonds is 3. The summed E-state index contributed by atoms with van der Waals surface area (Å²) in [5.41, 5.74) is 1.21. The van der Waals surface area contributed by atoms with Crippen molar-refractivity contribution in [2.45, 2.75) is 32.7 Å². The van der Waals surface area contributed by atoms with Crippen LogP contribution in [0.1, 0.15) is 25.3 Å². The number of piperidine rings is 1. The molecule has 0 aliphatic carbocycles. The summed E-state index contributed by atoms with van der Waals surface area (Å²) in [6, 6.07) is 4.69. The smallest absolute Gasteiger partial charge is 0.126 e. The quantitative estimate of drug-likeness (QED) is 0.869. The molecule has 1 fully saturated rings. The van der Waals surface area contributed by atoms with Crippen molar-refractivity contribution in [2.75, 3.05) is 25.5 Å². The number of anilines is 1. The number of hydrogen-bond acceptors (Lipinski definition) is 3. The zero-order valence-electron chi connectivity index (χ0n) is 11.1.